The second kappa shape index (κ2) is 35.6. The number of unbranched alkanes of at least 4 members (excludes halogenated alkanes) is 28. The highest BCUT2D eigenvalue weighted by atomic mass is 16.7. The average Bonchev–Trinajstić information content (AvgIpc) is 3.16. The Balaban J connectivity index is 2.30. The first kappa shape index (κ1) is 50.2. The number of hydrogen-bond donors (Lipinski definition) is 6. The quantitative estimate of drug-likeness (QED) is 0.0342. The van der Waals surface area contributed by atoms with Gasteiger partial charge in [0.2, 0.25) is 5.91 Å². The van der Waals surface area contributed by atoms with Gasteiger partial charge in [0.15, 0.2) is 6.29 Å². The molecule has 0 radical (unpaired) electrons. The third kappa shape index (κ3) is 26.6. The Morgan fingerprint density at radius 3 is 1.34 bits per heavy atom. The van der Waals surface area contributed by atoms with Gasteiger partial charge in [-0.05, 0) is 12.8 Å². The third-order valence-corrected chi connectivity index (χ3v) is 11.2. The molecule has 0 aromatic heterocycles. The summed E-state index contributed by atoms with van der Waals surface area (Å²) >= 11 is 0. The van der Waals surface area contributed by atoms with Crippen LogP contribution >= 0.6 is 0 Å². The standard InChI is InChI=1S/C44H87NO8/c1-3-5-7-9-11-13-15-17-18-19-20-21-22-24-26-28-30-32-34-40(48)45-37(36-52-44-43(51)42(50)41(49)39(35-46)53-44)38(47)33-31-29-27-25-23-16-14-12-10-8-6-4-2/h37-39,41-44,46-47,49-51H,3-36H2,1-2H3,(H,45,48)/t37-,38+,39-,41-,42?,43?,44-/m0/s1. The molecule has 6 N–H and O–H groups in total. The second-order valence-electron chi connectivity index (χ2n) is 16.2. The van der Waals surface area contributed by atoms with E-state index in [-0.39, 0.29) is 12.5 Å². The smallest absolute Gasteiger partial charge is 0.220 e. The number of carbonyl (C=O) groups excluding carboxylic acids is 1. The summed E-state index contributed by atoms with van der Waals surface area (Å²) in [6.07, 6.45) is 31.1. The highest BCUT2D eigenvalue weighted by Crippen LogP contribution is 2.23. The third-order valence-electron chi connectivity index (χ3n) is 11.2. The van der Waals surface area contributed by atoms with E-state index in [9.17, 15) is 30.3 Å². The molecular formula is C44H87NO8. The van der Waals surface area contributed by atoms with Gasteiger partial charge in [-0.3, -0.25) is 4.79 Å². The maximum atomic E-state index is 12.9. The minimum absolute atomic E-state index is 0.132. The zero-order valence-electron chi connectivity index (χ0n) is 34.5. The van der Waals surface area contributed by atoms with Gasteiger partial charge in [-0.15, -0.1) is 0 Å². The topological polar surface area (TPSA) is 149 Å². The van der Waals surface area contributed by atoms with Gasteiger partial charge in [-0.2, -0.15) is 0 Å². The SMILES string of the molecule is CCCCCCCCCCCCCCCCCCCCC(=O)N[C@@H](CO[C@H]1O[C@@H](CO)[C@H](O)C(O)C1O)[C@H](O)CCCCCCCCCCCCCC. The number of amides is 1. The van der Waals surface area contributed by atoms with Crippen molar-refractivity contribution in [1.82, 2.24) is 5.32 Å². The van der Waals surface area contributed by atoms with Crippen molar-refractivity contribution >= 4 is 5.91 Å². The predicted octanol–water partition coefficient (Wildman–Crippen LogP) is 9.17. The normalized spacial score (nSPS) is 21.5. The summed E-state index contributed by atoms with van der Waals surface area (Å²) in [5.41, 5.74) is 0. The maximum Gasteiger partial charge on any atom is 0.220 e. The lowest BCUT2D eigenvalue weighted by Crippen LogP contribution is -2.60. The van der Waals surface area contributed by atoms with Crippen LogP contribution < -0.4 is 5.32 Å². The molecule has 2 unspecified atom stereocenters. The van der Waals surface area contributed by atoms with Crippen LogP contribution in [0, 0.1) is 0 Å². The van der Waals surface area contributed by atoms with Gasteiger partial charge in [0.25, 0.3) is 0 Å². The van der Waals surface area contributed by atoms with Gasteiger partial charge in [0.1, 0.15) is 24.4 Å². The molecule has 9 nitrogen and oxygen atoms in total. The largest absolute Gasteiger partial charge is 0.394 e. The van der Waals surface area contributed by atoms with Crippen molar-refractivity contribution < 1.29 is 39.8 Å². The molecule has 1 saturated heterocycles. The molecule has 0 bridgehead atoms. The van der Waals surface area contributed by atoms with E-state index < -0.39 is 49.5 Å². The van der Waals surface area contributed by atoms with Gasteiger partial charge in [0, 0.05) is 6.42 Å². The lowest BCUT2D eigenvalue weighted by atomic mass is 9.99. The Hall–Kier alpha value is -0.810. The fourth-order valence-electron chi connectivity index (χ4n) is 7.51. The van der Waals surface area contributed by atoms with Crippen LogP contribution in [-0.4, -0.2) is 87.5 Å². The zero-order chi connectivity index (χ0) is 38.8. The van der Waals surface area contributed by atoms with E-state index in [1.54, 1.807) is 0 Å². The first-order valence-corrected chi connectivity index (χ1v) is 22.7. The Labute approximate surface area is 325 Å². The predicted molar refractivity (Wildman–Crippen MR) is 217 cm³/mol. The molecule has 0 saturated carbocycles. The number of hydrogen-bond acceptors (Lipinski definition) is 8. The van der Waals surface area contributed by atoms with E-state index in [1.165, 1.54) is 154 Å². The summed E-state index contributed by atoms with van der Waals surface area (Å²) in [4.78, 5) is 12.9. The van der Waals surface area contributed by atoms with Crippen LogP contribution in [0.5, 0.6) is 0 Å². The summed E-state index contributed by atoms with van der Waals surface area (Å²) in [6.45, 7) is 3.84. The lowest BCUT2D eigenvalue weighted by Gasteiger charge is -2.40. The van der Waals surface area contributed by atoms with Crippen LogP contribution in [-0.2, 0) is 14.3 Å². The van der Waals surface area contributed by atoms with Crippen molar-refractivity contribution in [2.45, 2.75) is 262 Å². The molecule has 53 heavy (non-hydrogen) atoms. The highest BCUT2D eigenvalue weighted by Gasteiger charge is 2.44. The first-order valence-electron chi connectivity index (χ1n) is 22.7. The fourth-order valence-corrected chi connectivity index (χ4v) is 7.51. The van der Waals surface area contributed by atoms with Crippen LogP contribution in [0.1, 0.15) is 219 Å². The van der Waals surface area contributed by atoms with Gasteiger partial charge >= 0.3 is 0 Å². The van der Waals surface area contributed by atoms with Crippen LogP contribution in [0.4, 0.5) is 0 Å². The minimum atomic E-state index is -1.55. The van der Waals surface area contributed by atoms with Crippen molar-refractivity contribution in [2.75, 3.05) is 13.2 Å². The molecule has 316 valence electrons. The van der Waals surface area contributed by atoms with Gasteiger partial charge in [-0.1, -0.05) is 200 Å². The minimum Gasteiger partial charge on any atom is -0.394 e. The molecule has 1 aliphatic rings. The molecule has 0 spiro atoms. The Morgan fingerprint density at radius 1 is 0.566 bits per heavy atom. The molecule has 0 aromatic carbocycles. The van der Waals surface area contributed by atoms with Crippen LogP contribution in [0.15, 0.2) is 0 Å². The number of aliphatic hydroxyl groups excluding tert-OH is 5. The molecular weight excluding hydrogens is 670 g/mol. The van der Waals surface area contributed by atoms with Gasteiger partial charge in [-0.25, -0.2) is 0 Å². The van der Waals surface area contributed by atoms with Crippen LogP contribution in [0.3, 0.4) is 0 Å². The summed E-state index contributed by atoms with van der Waals surface area (Å²) in [7, 11) is 0. The summed E-state index contributed by atoms with van der Waals surface area (Å²) in [5.74, 6) is -0.141. The lowest BCUT2D eigenvalue weighted by molar-refractivity contribution is -0.302. The highest BCUT2D eigenvalue weighted by molar-refractivity contribution is 5.76. The zero-order valence-corrected chi connectivity index (χ0v) is 34.5. The van der Waals surface area contributed by atoms with Gasteiger partial charge < -0.3 is 40.3 Å². The monoisotopic (exact) mass is 758 g/mol. The van der Waals surface area contributed by atoms with E-state index >= 15 is 0 Å². The van der Waals surface area contributed by atoms with Crippen molar-refractivity contribution in [2.24, 2.45) is 0 Å². The molecule has 1 amide bonds. The van der Waals surface area contributed by atoms with E-state index in [1.807, 2.05) is 0 Å². The molecule has 0 aliphatic carbocycles. The van der Waals surface area contributed by atoms with Crippen molar-refractivity contribution in [3.05, 3.63) is 0 Å². The molecule has 1 fully saturated rings. The van der Waals surface area contributed by atoms with Gasteiger partial charge in [0.05, 0.1) is 25.4 Å². The Kier molecular flexibility index (Phi) is 33.7. The van der Waals surface area contributed by atoms with Crippen LogP contribution in [0.2, 0.25) is 0 Å². The van der Waals surface area contributed by atoms with Crippen molar-refractivity contribution in [3.63, 3.8) is 0 Å². The molecule has 1 heterocycles. The number of carbonyl (C=O) groups is 1. The summed E-state index contributed by atoms with van der Waals surface area (Å²) in [6, 6.07) is -0.710. The van der Waals surface area contributed by atoms with E-state index in [2.05, 4.69) is 19.2 Å². The molecule has 1 aliphatic heterocycles. The maximum absolute atomic E-state index is 12.9. The second-order valence-corrected chi connectivity index (χ2v) is 16.2. The Morgan fingerprint density at radius 2 is 0.943 bits per heavy atom. The molecule has 9 heteroatoms. The fraction of sp³-hybridized carbons (Fsp3) is 0.977. The Bertz CT molecular complexity index is 801. The molecule has 1 rings (SSSR count). The number of ether oxygens (including phenoxy) is 2. The number of aliphatic hydroxyl groups is 5. The van der Waals surface area contributed by atoms with Crippen molar-refractivity contribution in [1.29, 1.82) is 0 Å². The van der Waals surface area contributed by atoms with E-state index in [4.69, 9.17) is 9.47 Å². The summed E-state index contributed by atoms with van der Waals surface area (Å²) in [5, 5.41) is 54.3. The van der Waals surface area contributed by atoms with E-state index in [0.717, 1.165) is 38.5 Å². The van der Waals surface area contributed by atoms with Crippen LogP contribution in [0.25, 0.3) is 0 Å². The van der Waals surface area contributed by atoms with E-state index in [0.29, 0.717) is 12.8 Å². The summed E-state index contributed by atoms with van der Waals surface area (Å²) < 4.78 is 11.2. The first-order chi connectivity index (χ1) is 25.8. The number of nitrogens with one attached hydrogen (secondary N) is 1. The van der Waals surface area contributed by atoms with Crippen molar-refractivity contribution in [3.8, 4) is 0 Å². The number of rotatable bonds is 38. The molecule has 0 aromatic rings. The molecule has 7 atom stereocenters. The average molecular weight is 758 g/mol.